The van der Waals surface area contributed by atoms with Gasteiger partial charge in [-0.2, -0.15) is 0 Å². The van der Waals surface area contributed by atoms with E-state index in [-0.39, 0.29) is 5.91 Å². The van der Waals surface area contributed by atoms with E-state index in [4.69, 9.17) is 9.47 Å². The maximum absolute atomic E-state index is 12.3. The van der Waals surface area contributed by atoms with Gasteiger partial charge in [0.25, 0.3) is 0 Å². The number of aryl methyl sites for hydroxylation is 1. The van der Waals surface area contributed by atoms with E-state index >= 15 is 0 Å². The molecule has 2 aromatic carbocycles. The van der Waals surface area contributed by atoms with Crippen LogP contribution in [0.5, 0.6) is 11.5 Å². The second-order valence-electron chi connectivity index (χ2n) is 5.58. The lowest BCUT2D eigenvalue weighted by atomic mass is 10.1. The van der Waals surface area contributed by atoms with E-state index in [0.717, 1.165) is 32.8 Å². The number of methoxy groups -OCH3 is 1. The van der Waals surface area contributed by atoms with Gasteiger partial charge in [-0.15, -0.1) is 0 Å². The Morgan fingerprint density at radius 1 is 1.24 bits per heavy atom. The molecular weight excluding hydrogens is 336 g/mol. The van der Waals surface area contributed by atoms with Crippen molar-refractivity contribution in [1.82, 2.24) is 4.98 Å². The van der Waals surface area contributed by atoms with Gasteiger partial charge in [-0.05, 0) is 43.2 Å². The van der Waals surface area contributed by atoms with Crippen LogP contribution in [0.3, 0.4) is 0 Å². The molecule has 130 valence electrons. The molecule has 0 unspecified atom stereocenters. The summed E-state index contributed by atoms with van der Waals surface area (Å²) >= 11 is 1.44. The van der Waals surface area contributed by atoms with Crippen molar-refractivity contribution in [2.24, 2.45) is 0 Å². The topological polar surface area (TPSA) is 60.5 Å². The summed E-state index contributed by atoms with van der Waals surface area (Å²) in [5.41, 5.74) is 2.73. The molecule has 0 fully saturated rings. The minimum atomic E-state index is -0.0958. The summed E-state index contributed by atoms with van der Waals surface area (Å²) in [6, 6.07) is 11.5. The second kappa shape index (κ2) is 7.53. The van der Waals surface area contributed by atoms with Crippen LogP contribution in [0.25, 0.3) is 10.2 Å². The number of hydrogen-bond acceptors (Lipinski definition) is 5. The minimum absolute atomic E-state index is 0.0958. The highest BCUT2D eigenvalue weighted by Crippen LogP contribution is 2.32. The first-order chi connectivity index (χ1) is 12.1. The van der Waals surface area contributed by atoms with Gasteiger partial charge in [-0.3, -0.25) is 4.79 Å². The number of aromatic nitrogens is 1. The number of fused-ring (bicyclic) bond motifs is 1. The fourth-order valence-corrected chi connectivity index (χ4v) is 3.55. The van der Waals surface area contributed by atoms with Crippen LogP contribution >= 0.6 is 11.3 Å². The van der Waals surface area contributed by atoms with Crippen LogP contribution in [0.1, 0.15) is 18.1 Å². The predicted octanol–water partition coefficient (Wildman–Crippen LogP) is 4.19. The van der Waals surface area contributed by atoms with Crippen LogP contribution in [-0.2, 0) is 11.2 Å². The number of carbonyl (C=O) groups excluding carboxylic acids is 1. The molecule has 0 saturated heterocycles. The number of thiazole rings is 1. The van der Waals surface area contributed by atoms with Crippen molar-refractivity contribution in [2.75, 3.05) is 19.0 Å². The number of rotatable bonds is 6. The third-order valence-corrected chi connectivity index (χ3v) is 4.69. The van der Waals surface area contributed by atoms with Crippen molar-refractivity contribution in [3.05, 3.63) is 47.5 Å². The minimum Gasteiger partial charge on any atom is -0.496 e. The first-order valence-corrected chi connectivity index (χ1v) is 8.88. The fraction of sp³-hybridized carbons (Fsp3) is 0.263. The van der Waals surface area contributed by atoms with E-state index in [9.17, 15) is 4.79 Å². The Morgan fingerprint density at radius 2 is 2.08 bits per heavy atom. The number of carbonyl (C=O) groups is 1. The Labute approximate surface area is 150 Å². The van der Waals surface area contributed by atoms with Gasteiger partial charge >= 0.3 is 0 Å². The molecule has 0 radical (unpaired) electrons. The highest BCUT2D eigenvalue weighted by atomic mass is 32.1. The van der Waals surface area contributed by atoms with Gasteiger partial charge in [0.2, 0.25) is 5.91 Å². The van der Waals surface area contributed by atoms with E-state index in [1.54, 1.807) is 7.11 Å². The molecule has 5 nitrogen and oxygen atoms in total. The lowest BCUT2D eigenvalue weighted by Gasteiger charge is -2.07. The van der Waals surface area contributed by atoms with E-state index in [0.29, 0.717) is 18.2 Å². The van der Waals surface area contributed by atoms with Gasteiger partial charge in [0.1, 0.15) is 17.0 Å². The Hall–Kier alpha value is -2.60. The summed E-state index contributed by atoms with van der Waals surface area (Å²) in [6.07, 6.45) is 0.291. The number of benzene rings is 2. The van der Waals surface area contributed by atoms with Gasteiger partial charge in [0.05, 0.1) is 24.8 Å². The second-order valence-corrected chi connectivity index (χ2v) is 6.61. The lowest BCUT2D eigenvalue weighted by Crippen LogP contribution is -2.14. The molecule has 3 aromatic rings. The van der Waals surface area contributed by atoms with Crippen LogP contribution in [0.4, 0.5) is 5.13 Å². The molecule has 6 heteroatoms. The van der Waals surface area contributed by atoms with Crippen LogP contribution < -0.4 is 14.8 Å². The van der Waals surface area contributed by atoms with Gasteiger partial charge in [0.15, 0.2) is 5.13 Å². The standard InChI is InChI=1S/C19H20N2O3S/c1-4-24-15-6-5-7-16-18(15)21-19(25-16)20-17(22)11-13-8-9-14(23-3)12(2)10-13/h5-10H,4,11H2,1-3H3,(H,20,21,22). The molecule has 0 aliphatic carbocycles. The van der Waals surface area contributed by atoms with Crippen molar-refractivity contribution < 1.29 is 14.3 Å². The quantitative estimate of drug-likeness (QED) is 0.719. The van der Waals surface area contributed by atoms with Crippen LogP contribution in [0.15, 0.2) is 36.4 Å². The zero-order valence-electron chi connectivity index (χ0n) is 14.5. The van der Waals surface area contributed by atoms with Crippen LogP contribution in [0, 0.1) is 6.92 Å². The number of nitrogens with zero attached hydrogens (tertiary/aromatic N) is 1. The molecule has 0 aliphatic rings. The van der Waals surface area contributed by atoms with Crippen LogP contribution in [-0.4, -0.2) is 24.6 Å². The Balaban J connectivity index is 1.73. The molecule has 1 heterocycles. The third-order valence-electron chi connectivity index (χ3n) is 3.75. The van der Waals surface area contributed by atoms with Gasteiger partial charge in [0, 0.05) is 0 Å². The first-order valence-electron chi connectivity index (χ1n) is 8.06. The number of ether oxygens (including phenoxy) is 2. The average Bonchev–Trinajstić information content (AvgIpc) is 2.98. The zero-order valence-corrected chi connectivity index (χ0v) is 15.3. The summed E-state index contributed by atoms with van der Waals surface area (Å²) in [4.78, 5) is 16.8. The molecule has 1 aromatic heterocycles. The number of nitrogens with one attached hydrogen (secondary N) is 1. The number of hydrogen-bond donors (Lipinski definition) is 1. The molecule has 1 amide bonds. The summed E-state index contributed by atoms with van der Waals surface area (Å²) in [6.45, 7) is 4.48. The maximum atomic E-state index is 12.3. The summed E-state index contributed by atoms with van der Waals surface area (Å²) in [7, 11) is 1.64. The molecule has 1 N–H and O–H groups in total. The molecule has 3 rings (SSSR count). The Kier molecular flexibility index (Phi) is 5.19. The highest BCUT2D eigenvalue weighted by molar-refractivity contribution is 7.22. The summed E-state index contributed by atoms with van der Waals surface area (Å²) in [5, 5.41) is 3.46. The van der Waals surface area contributed by atoms with E-state index < -0.39 is 0 Å². The number of anilines is 1. The van der Waals surface area contributed by atoms with Gasteiger partial charge in [-0.25, -0.2) is 4.98 Å². The monoisotopic (exact) mass is 356 g/mol. The third kappa shape index (κ3) is 3.91. The van der Waals surface area contributed by atoms with Crippen molar-refractivity contribution in [1.29, 1.82) is 0 Å². The molecule has 0 atom stereocenters. The maximum Gasteiger partial charge on any atom is 0.230 e. The van der Waals surface area contributed by atoms with E-state index in [2.05, 4.69) is 10.3 Å². The van der Waals surface area contributed by atoms with Gasteiger partial charge in [-0.1, -0.05) is 29.5 Å². The molecule has 0 aliphatic heterocycles. The van der Waals surface area contributed by atoms with Gasteiger partial charge < -0.3 is 14.8 Å². The summed E-state index contributed by atoms with van der Waals surface area (Å²) in [5.74, 6) is 1.46. The Morgan fingerprint density at radius 3 is 2.80 bits per heavy atom. The molecule has 0 saturated carbocycles. The van der Waals surface area contributed by atoms with Crippen molar-refractivity contribution in [2.45, 2.75) is 20.3 Å². The van der Waals surface area contributed by atoms with Crippen LogP contribution in [0.2, 0.25) is 0 Å². The average molecular weight is 356 g/mol. The summed E-state index contributed by atoms with van der Waals surface area (Å²) < 4.78 is 11.8. The number of amides is 1. The van der Waals surface area contributed by atoms with E-state index in [1.165, 1.54) is 11.3 Å². The molecular formula is C19H20N2O3S. The molecule has 0 spiro atoms. The normalized spacial score (nSPS) is 10.7. The van der Waals surface area contributed by atoms with Crippen molar-refractivity contribution >= 4 is 32.6 Å². The lowest BCUT2D eigenvalue weighted by molar-refractivity contribution is -0.115. The molecule has 25 heavy (non-hydrogen) atoms. The van der Waals surface area contributed by atoms with Crippen molar-refractivity contribution in [3.63, 3.8) is 0 Å². The Bertz CT molecular complexity index is 905. The molecule has 0 bridgehead atoms. The SMILES string of the molecule is CCOc1cccc2sc(NC(=O)Cc3ccc(OC)c(C)c3)nc12. The smallest absolute Gasteiger partial charge is 0.230 e. The van der Waals surface area contributed by atoms with E-state index in [1.807, 2.05) is 50.2 Å². The first kappa shape index (κ1) is 17.2. The fourth-order valence-electron chi connectivity index (χ4n) is 2.65. The highest BCUT2D eigenvalue weighted by Gasteiger charge is 2.12. The predicted molar refractivity (Wildman–Crippen MR) is 101 cm³/mol. The number of para-hydroxylation sites is 1. The largest absolute Gasteiger partial charge is 0.496 e. The zero-order chi connectivity index (χ0) is 17.8. The van der Waals surface area contributed by atoms with Crippen molar-refractivity contribution in [3.8, 4) is 11.5 Å².